The van der Waals surface area contributed by atoms with Crippen LogP contribution >= 0.6 is 11.8 Å². The number of guanidine groups is 1. The molecule has 2 N–H and O–H groups in total. The Morgan fingerprint density at radius 2 is 2.12 bits per heavy atom. The van der Waals surface area contributed by atoms with Gasteiger partial charge in [0.1, 0.15) is 6.10 Å². The van der Waals surface area contributed by atoms with E-state index < -0.39 is 0 Å². The van der Waals surface area contributed by atoms with Crippen LogP contribution in [0, 0.1) is 0 Å². The van der Waals surface area contributed by atoms with Gasteiger partial charge in [-0.25, -0.2) is 4.98 Å². The van der Waals surface area contributed by atoms with E-state index in [0.29, 0.717) is 12.1 Å². The lowest BCUT2D eigenvalue weighted by Crippen LogP contribution is -2.42. The molecule has 3 rings (SSSR count). The van der Waals surface area contributed by atoms with Gasteiger partial charge in [0.05, 0.1) is 0 Å². The zero-order valence-corrected chi connectivity index (χ0v) is 16.1. The highest BCUT2D eigenvalue weighted by atomic mass is 32.2. The number of ether oxygens (including phenoxy) is 1. The molecule has 0 aliphatic heterocycles. The predicted molar refractivity (Wildman–Crippen MR) is 105 cm³/mol. The highest BCUT2D eigenvalue weighted by Crippen LogP contribution is 2.28. The molecule has 2 fully saturated rings. The summed E-state index contributed by atoms with van der Waals surface area (Å²) in [6.45, 7) is 0.717. The van der Waals surface area contributed by atoms with Gasteiger partial charge in [-0.15, -0.1) is 0 Å². The summed E-state index contributed by atoms with van der Waals surface area (Å²) < 4.78 is 5.92. The van der Waals surface area contributed by atoms with Crippen molar-refractivity contribution in [3.63, 3.8) is 0 Å². The van der Waals surface area contributed by atoms with E-state index in [1.807, 2.05) is 31.1 Å². The second kappa shape index (κ2) is 9.32. The molecule has 1 heterocycles. The Morgan fingerprint density at radius 3 is 2.76 bits per heavy atom. The van der Waals surface area contributed by atoms with Crippen LogP contribution in [0.4, 0.5) is 0 Å². The summed E-state index contributed by atoms with van der Waals surface area (Å²) in [5, 5.41) is 7.71. The smallest absolute Gasteiger partial charge is 0.213 e. The molecule has 1 aromatic heterocycles. The minimum atomic E-state index is 0.357. The molecule has 2 atom stereocenters. The summed E-state index contributed by atoms with van der Waals surface area (Å²) in [5.41, 5.74) is 1.13. The Hall–Kier alpha value is -1.43. The lowest BCUT2D eigenvalue weighted by atomic mass is 10.2. The number of pyridine rings is 1. The molecule has 2 saturated carbocycles. The van der Waals surface area contributed by atoms with Gasteiger partial charge in [-0.2, -0.15) is 11.8 Å². The zero-order valence-electron chi connectivity index (χ0n) is 15.3. The van der Waals surface area contributed by atoms with Gasteiger partial charge in [-0.3, -0.25) is 4.99 Å². The maximum atomic E-state index is 5.92. The van der Waals surface area contributed by atoms with E-state index in [2.05, 4.69) is 32.9 Å². The first-order valence-electron chi connectivity index (χ1n) is 9.38. The second-order valence-corrected chi connectivity index (χ2v) is 8.10. The Labute approximate surface area is 155 Å². The number of aliphatic imine (C=N–C) groups is 1. The maximum Gasteiger partial charge on any atom is 0.213 e. The van der Waals surface area contributed by atoms with Gasteiger partial charge in [-0.05, 0) is 56.8 Å². The van der Waals surface area contributed by atoms with Gasteiger partial charge in [-0.1, -0.05) is 6.07 Å². The lowest BCUT2D eigenvalue weighted by molar-refractivity contribution is 0.201. The number of rotatable bonds is 6. The van der Waals surface area contributed by atoms with E-state index in [1.54, 1.807) is 0 Å². The van der Waals surface area contributed by atoms with Gasteiger partial charge in [0, 0.05) is 37.1 Å². The van der Waals surface area contributed by atoms with E-state index in [1.165, 1.54) is 32.1 Å². The van der Waals surface area contributed by atoms with Crippen molar-refractivity contribution in [1.29, 1.82) is 0 Å². The molecule has 25 heavy (non-hydrogen) atoms. The van der Waals surface area contributed by atoms with Crippen LogP contribution < -0.4 is 15.4 Å². The van der Waals surface area contributed by atoms with E-state index in [0.717, 1.165) is 42.0 Å². The van der Waals surface area contributed by atoms with E-state index >= 15 is 0 Å². The predicted octanol–water partition coefficient (Wildman–Crippen LogP) is 3.35. The molecule has 0 saturated heterocycles. The summed E-state index contributed by atoms with van der Waals surface area (Å²) >= 11 is 1.97. The number of nitrogens with one attached hydrogen (secondary N) is 2. The molecule has 0 bridgehead atoms. The van der Waals surface area contributed by atoms with Crippen molar-refractivity contribution in [2.75, 3.05) is 13.3 Å². The van der Waals surface area contributed by atoms with E-state index in [-0.39, 0.29) is 0 Å². The SMILES string of the molecule is CN=C(NCc1ccc(OC2CCCC2)nc1)NC1CCC(SC)C1. The molecule has 0 radical (unpaired) electrons. The number of hydrogen-bond donors (Lipinski definition) is 2. The molecule has 0 aromatic carbocycles. The first-order chi connectivity index (χ1) is 12.3. The second-order valence-electron chi connectivity index (χ2n) is 6.97. The quantitative estimate of drug-likeness (QED) is 0.600. The van der Waals surface area contributed by atoms with Crippen molar-refractivity contribution < 1.29 is 4.74 Å². The Morgan fingerprint density at radius 1 is 1.28 bits per heavy atom. The van der Waals surface area contributed by atoms with Gasteiger partial charge < -0.3 is 15.4 Å². The fourth-order valence-corrected chi connectivity index (χ4v) is 4.42. The average molecular weight is 363 g/mol. The number of nitrogens with zero attached hydrogens (tertiary/aromatic N) is 2. The minimum absolute atomic E-state index is 0.357. The molecule has 5 nitrogen and oxygen atoms in total. The molecule has 2 aliphatic rings. The van der Waals surface area contributed by atoms with Crippen LogP contribution in [0.25, 0.3) is 0 Å². The molecular formula is C19H30N4OS. The fraction of sp³-hybridized carbons (Fsp3) is 0.684. The van der Waals surface area contributed by atoms with Crippen LogP contribution in [0.3, 0.4) is 0 Å². The topological polar surface area (TPSA) is 58.5 Å². The van der Waals surface area contributed by atoms with E-state index in [4.69, 9.17) is 4.74 Å². The highest BCUT2D eigenvalue weighted by molar-refractivity contribution is 7.99. The largest absolute Gasteiger partial charge is 0.474 e. The normalized spacial score (nSPS) is 24.5. The maximum absolute atomic E-state index is 5.92. The average Bonchev–Trinajstić information content (AvgIpc) is 3.31. The molecule has 6 heteroatoms. The molecule has 0 spiro atoms. The Balaban J connectivity index is 1.43. The monoisotopic (exact) mass is 362 g/mol. The first kappa shape index (κ1) is 18.4. The standard InChI is InChI=1S/C19H30N4OS/c1-20-19(23-15-8-9-17(11-15)25-2)22-13-14-7-10-18(21-12-14)24-16-5-3-4-6-16/h7,10,12,15-17H,3-6,8-9,11,13H2,1-2H3,(H2,20,22,23). The van der Waals surface area contributed by atoms with Crippen LogP contribution in [-0.4, -0.2) is 41.6 Å². The molecule has 2 unspecified atom stereocenters. The summed E-state index contributed by atoms with van der Waals surface area (Å²) in [6, 6.07) is 4.59. The number of thioether (sulfide) groups is 1. The molecule has 1 aromatic rings. The van der Waals surface area contributed by atoms with Crippen molar-refractivity contribution in [3.8, 4) is 5.88 Å². The molecule has 2 aliphatic carbocycles. The van der Waals surface area contributed by atoms with Crippen molar-refractivity contribution in [2.24, 2.45) is 4.99 Å². The third kappa shape index (κ3) is 5.53. The van der Waals surface area contributed by atoms with E-state index in [9.17, 15) is 0 Å². The molecular weight excluding hydrogens is 332 g/mol. The third-order valence-corrected chi connectivity index (χ3v) is 6.22. The third-order valence-electron chi connectivity index (χ3n) is 5.13. The lowest BCUT2D eigenvalue weighted by Gasteiger charge is -2.17. The number of aromatic nitrogens is 1. The van der Waals surface area contributed by atoms with Crippen LogP contribution in [0.5, 0.6) is 5.88 Å². The van der Waals surface area contributed by atoms with Crippen LogP contribution in [0.15, 0.2) is 23.3 Å². The minimum Gasteiger partial charge on any atom is -0.474 e. The van der Waals surface area contributed by atoms with Gasteiger partial charge in [0.25, 0.3) is 0 Å². The van der Waals surface area contributed by atoms with Crippen LogP contribution in [0.1, 0.15) is 50.5 Å². The Kier molecular flexibility index (Phi) is 6.84. The Bertz CT molecular complexity index is 557. The summed E-state index contributed by atoms with van der Waals surface area (Å²) in [7, 11) is 1.83. The number of hydrogen-bond acceptors (Lipinski definition) is 4. The molecule has 138 valence electrons. The van der Waals surface area contributed by atoms with Gasteiger partial charge >= 0.3 is 0 Å². The summed E-state index contributed by atoms with van der Waals surface area (Å²) in [5.74, 6) is 1.62. The van der Waals surface area contributed by atoms with Crippen molar-refractivity contribution >= 4 is 17.7 Å². The summed E-state index contributed by atoms with van der Waals surface area (Å²) in [6.07, 6.45) is 13.1. The highest BCUT2D eigenvalue weighted by Gasteiger charge is 2.24. The first-order valence-corrected chi connectivity index (χ1v) is 10.7. The fourth-order valence-electron chi connectivity index (χ4n) is 3.62. The summed E-state index contributed by atoms with van der Waals surface area (Å²) in [4.78, 5) is 8.79. The van der Waals surface area contributed by atoms with Gasteiger partial charge in [0.15, 0.2) is 5.96 Å². The molecule has 0 amide bonds. The van der Waals surface area contributed by atoms with Crippen molar-refractivity contribution in [1.82, 2.24) is 15.6 Å². The van der Waals surface area contributed by atoms with Crippen LogP contribution in [0.2, 0.25) is 0 Å². The van der Waals surface area contributed by atoms with Gasteiger partial charge in [0.2, 0.25) is 5.88 Å². The van der Waals surface area contributed by atoms with Crippen molar-refractivity contribution in [2.45, 2.75) is 68.9 Å². The zero-order chi connectivity index (χ0) is 17.5. The van der Waals surface area contributed by atoms with Crippen LogP contribution in [-0.2, 0) is 6.54 Å². The van der Waals surface area contributed by atoms with Crippen molar-refractivity contribution in [3.05, 3.63) is 23.9 Å².